The first-order valence-corrected chi connectivity index (χ1v) is 7.11. The zero-order valence-corrected chi connectivity index (χ0v) is 11.9. The maximum absolute atomic E-state index is 5.70. The van der Waals surface area contributed by atoms with Crippen LogP contribution in [0.1, 0.15) is 19.2 Å². The molecule has 6 nitrogen and oxygen atoms in total. The van der Waals surface area contributed by atoms with E-state index in [1.54, 1.807) is 12.4 Å². The molecule has 3 aromatic rings. The van der Waals surface area contributed by atoms with E-state index in [2.05, 4.69) is 32.4 Å². The number of benzene rings is 1. The molecule has 108 valence electrons. The van der Waals surface area contributed by atoms with Crippen molar-refractivity contribution in [2.75, 3.05) is 13.1 Å². The van der Waals surface area contributed by atoms with Crippen molar-refractivity contribution in [1.29, 1.82) is 0 Å². The lowest BCUT2D eigenvalue weighted by Crippen LogP contribution is -2.14. The first-order chi connectivity index (χ1) is 10.4. The molecule has 0 amide bonds. The predicted molar refractivity (Wildman–Crippen MR) is 79.7 cm³/mol. The van der Waals surface area contributed by atoms with E-state index in [9.17, 15) is 0 Å². The topological polar surface area (TPSA) is 76.7 Å². The van der Waals surface area contributed by atoms with Crippen molar-refractivity contribution in [3.05, 3.63) is 36.5 Å². The van der Waals surface area contributed by atoms with Crippen LogP contribution in [0.3, 0.4) is 0 Å². The third-order valence-electron chi connectivity index (χ3n) is 3.18. The average Bonchev–Trinajstić information content (AvgIpc) is 3.00. The Balaban J connectivity index is 1.75. The van der Waals surface area contributed by atoms with Crippen molar-refractivity contribution < 1.29 is 4.42 Å². The molecular weight excluding hydrogens is 266 g/mol. The summed E-state index contributed by atoms with van der Waals surface area (Å²) in [5, 5.41) is 11.5. The molecule has 1 N–H and O–H groups in total. The highest BCUT2D eigenvalue weighted by atomic mass is 16.4. The van der Waals surface area contributed by atoms with Gasteiger partial charge in [0, 0.05) is 24.4 Å². The lowest BCUT2D eigenvalue weighted by Gasteiger charge is -1.99. The Morgan fingerprint density at radius 1 is 1.10 bits per heavy atom. The van der Waals surface area contributed by atoms with Gasteiger partial charge in [-0.15, -0.1) is 10.2 Å². The Labute approximate surface area is 122 Å². The molecule has 2 heterocycles. The van der Waals surface area contributed by atoms with E-state index in [4.69, 9.17) is 4.42 Å². The summed E-state index contributed by atoms with van der Waals surface area (Å²) in [7, 11) is 0. The van der Waals surface area contributed by atoms with Gasteiger partial charge in [-0.1, -0.05) is 6.92 Å². The van der Waals surface area contributed by atoms with Crippen LogP contribution in [-0.2, 0) is 6.42 Å². The first kappa shape index (κ1) is 13.6. The minimum Gasteiger partial charge on any atom is -0.421 e. The van der Waals surface area contributed by atoms with Crippen LogP contribution in [0, 0.1) is 0 Å². The van der Waals surface area contributed by atoms with Gasteiger partial charge in [0.15, 0.2) is 0 Å². The lowest BCUT2D eigenvalue weighted by atomic mass is 10.2. The minimum absolute atomic E-state index is 0.529. The molecule has 0 unspecified atom stereocenters. The quantitative estimate of drug-likeness (QED) is 0.699. The van der Waals surface area contributed by atoms with Gasteiger partial charge in [-0.05, 0) is 37.7 Å². The highest BCUT2D eigenvalue weighted by Gasteiger charge is 2.09. The van der Waals surface area contributed by atoms with E-state index in [1.165, 1.54) is 0 Å². The highest BCUT2D eigenvalue weighted by molar-refractivity contribution is 5.78. The summed E-state index contributed by atoms with van der Waals surface area (Å²) in [6.07, 6.45) is 5.12. The van der Waals surface area contributed by atoms with Gasteiger partial charge in [0.1, 0.15) is 0 Å². The van der Waals surface area contributed by atoms with Crippen LogP contribution in [0.15, 0.2) is 35.0 Å². The van der Waals surface area contributed by atoms with Crippen LogP contribution in [0.5, 0.6) is 0 Å². The van der Waals surface area contributed by atoms with Gasteiger partial charge >= 0.3 is 0 Å². The zero-order chi connectivity index (χ0) is 14.5. The van der Waals surface area contributed by atoms with Gasteiger partial charge in [0.2, 0.25) is 11.8 Å². The van der Waals surface area contributed by atoms with E-state index in [1.807, 2.05) is 18.2 Å². The van der Waals surface area contributed by atoms with Crippen molar-refractivity contribution in [2.24, 2.45) is 0 Å². The molecule has 0 saturated carbocycles. The molecule has 0 aliphatic carbocycles. The molecule has 3 rings (SSSR count). The number of fused-ring (bicyclic) bond motifs is 1. The molecule has 0 fully saturated rings. The molecular formula is C15H17N5O. The van der Waals surface area contributed by atoms with Gasteiger partial charge in [-0.2, -0.15) is 0 Å². The molecule has 0 bridgehead atoms. The summed E-state index contributed by atoms with van der Waals surface area (Å²) in [6.45, 7) is 4.03. The third kappa shape index (κ3) is 3.22. The Hall–Kier alpha value is -2.34. The molecule has 21 heavy (non-hydrogen) atoms. The summed E-state index contributed by atoms with van der Waals surface area (Å²) in [5.41, 5.74) is 2.54. The molecule has 0 spiro atoms. The smallest absolute Gasteiger partial charge is 0.247 e. The Bertz CT molecular complexity index is 725. The Morgan fingerprint density at radius 2 is 1.95 bits per heavy atom. The molecule has 0 atom stereocenters. The molecule has 0 radical (unpaired) electrons. The first-order valence-electron chi connectivity index (χ1n) is 7.11. The van der Waals surface area contributed by atoms with Gasteiger partial charge < -0.3 is 9.73 Å². The number of aromatic nitrogens is 4. The van der Waals surface area contributed by atoms with E-state index in [0.29, 0.717) is 11.8 Å². The van der Waals surface area contributed by atoms with Gasteiger partial charge in [0.05, 0.1) is 11.0 Å². The molecule has 2 aromatic heterocycles. The van der Waals surface area contributed by atoms with Crippen LogP contribution in [0.25, 0.3) is 22.5 Å². The minimum atomic E-state index is 0.529. The third-order valence-corrected chi connectivity index (χ3v) is 3.18. The van der Waals surface area contributed by atoms with E-state index >= 15 is 0 Å². The Kier molecular flexibility index (Phi) is 4.16. The molecule has 6 heteroatoms. The number of hydrogen-bond donors (Lipinski definition) is 1. The molecule has 0 aliphatic heterocycles. The monoisotopic (exact) mass is 283 g/mol. The fourth-order valence-corrected chi connectivity index (χ4v) is 2.11. The second-order valence-corrected chi connectivity index (χ2v) is 4.72. The molecule has 1 aromatic carbocycles. The standard InChI is InChI=1S/C15H17N5O/c1-2-16-7-3-4-14-19-20-15(21-14)11-5-6-12-13(10-11)18-9-8-17-12/h5-6,8-10,16H,2-4,7H2,1H3. The predicted octanol–water partition coefficient (Wildman–Crippen LogP) is 2.22. The summed E-state index contributed by atoms with van der Waals surface area (Å²) < 4.78 is 5.70. The molecule has 0 aliphatic rings. The summed E-state index contributed by atoms with van der Waals surface area (Å²) in [4.78, 5) is 8.53. The zero-order valence-electron chi connectivity index (χ0n) is 11.9. The lowest BCUT2D eigenvalue weighted by molar-refractivity contribution is 0.492. The number of aryl methyl sites for hydroxylation is 1. The van der Waals surface area contributed by atoms with Crippen molar-refractivity contribution in [3.8, 4) is 11.5 Å². The van der Waals surface area contributed by atoms with Gasteiger partial charge in [0.25, 0.3) is 0 Å². The van der Waals surface area contributed by atoms with Crippen LogP contribution in [0.2, 0.25) is 0 Å². The van der Waals surface area contributed by atoms with Crippen molar-refractivity contribution >= 4 is 11.0 Å². The van der Waals surface area contributed by atoms with Crippen LogP contribution in [-0.4, -0.2) is 33.3 Å². The normalized spacial score (nSPS) is 11.1. The number of nitrogens with one attached hydrogen (secondary N) is 1. The van der Waals surface area contributed by atoms with Gasteiger partial charge in [-0.3, -0.25) is 9.97 Å². The van der Waals surface area contributed by atoms with E-state index in [-0.39, 0.29) is 0 Å². The Morgan fingerprint density at radius 3 is 2.81 bits per heavy atom. The van der Waals surface area contributed by atoms with Crippen LogP contribution in [0.4, 0.5) is 0 Å². The van der Waals surface area contributed by atoms with Crippen molar-refractivity contribution in [1.82, 2.24) is 25.5 Å². The number of hydrogen-bond acceptors (Lipinski definition) is 6. The SMILES string of the molecule is CCNCCCc1nnc(-c2ccc3nccnc3c2)o1. The van der Waals surface area contributed by atoms with Crippen LogP contribution < -0.4 is 5.32 Å². The van der Waals surface area contributed by atoms with Crippen molar-refractivity contribution in [2.45, 2.75) is 19.8 Å². The average molecular weight is 283 g/mol. The van der Waals surface area contributed by atoms with Crippen LogP contribution >= 0.6 is 0 Å². The number of rotatable bonds is 6. The number of nitrogens with zero attached hydrogens (tertiary/aromatic N) is 4. The van der Waals surface area contributed by atoms with Gasteiger partial charge in [-0.25, -0.2) is 0 Å². The van der Waals surface area contributed by atoms with Crippen molar-refractivity contribution in [3.63, 3.8) is 0 Å². The summed E-state index contributed by atoms with van der Waals surface area (Å²) >= 11 is 0. The second-order valence-electron chi connectivity index (χ2n) is 4.72. The fraction of sp³-hybridized carbons (Fsp3) is 0.333. The second kappa shape index (κ2) is 6.41. The largest absolute Gasteiger partial charge is 0.421 e. The fourth-order valence-electron chi connectivity index (χ4n) is 2.11. The summed E-state index contributed by atoms with van der Waals surface area (Å²) in [6, 6.07) is 5.75. The maximum atomic E-state index is 5.70. The summed E-state index contributed by atoms with van der Waals surface area (Å²) in [5.74, 6) is 1.20. The highest BCUT2D eigenvalue weighted by Crippen LogP contribution is 2.21. The molecule has 0 saturated heterocycles. The maximum Gasteiger partial charge on any atom is 0.247 e. The van der Waals surface area contributed by atoms with E-state index in [0.717, 1.165) is 42.5 Å². The van der Waals surface area contributed by atoms with E-state index < -0.39 is 0 Å².